The number of ether oxygens (including phenoxy) is 1. The van der Waals surface area contributed by atoms with Gasteiger partial charge in [-0.25, -0.2) is 13.4 Å². The van der Waals surface area contributed by atoms with Crippen LogP contribution in [0.3, 0.4) is 0 Å². The van der Waals surface area contributed by atoms with Gasteiger partial charge in [-0.1, -0.05) is 48.3 Å². The zero-order valence-electron chi connectivity index (χ0n) is 29.7. The van der Waals surface area contributed by atoms with Crippen LogP contribution in [0.1, 0.15) is 74.0 Å². The molecular weight excluding hydrogens is 715 g/mol. The van der Waals surface area contributed by atoms with Crippen LogP contribution in [0.2, 0.25) is 0 Å². The maximum atomic E-state index is 14.6. The molecule has 3 aromatic heterocycles. The third-order valence-electron chi connectivity index (χ3n) is 10.7. The lowest BCUT2D eigenvalue weighted by Gasteiger charge is -2.29. The zero-order valence-corrected chi connectivity index (χ0v) is 30.5. The van der Waals surface area contributed by atoms with E-state index in [1.165, 1.54) is 11.0 Å². The molecule has 4 amide bonds. The van der Waals surface area contributed by atoms with Crippen molar-refractivity contribution in [2.45, 2.75) is 93.7 Å². The summed E-state index contributed by atoms with van der Waals surface area (Å²) in [7, 11) is -3.90. The van der Waals surface area contributed by atoms with Gasteiger partial charge in [-0.3, -0.25) is 23.9 Å². The lowest BCUT2D eigenvalue weighted by atomic mass is 10.0. The molecule has 5 heterocycles. The first kappa shape index (κ1) is 35.6. The van der Waals surface area contributed by atoms with E-state index in [0.29, 0.717) is 43.5 Å². The summed E-state index contributed by atoms with van der Waals surface area (Å²) in [6.07, 6.45) is 9.05. The number of aryl methyl sites for hydroxylation is 1. The Kier molecular flexibility index (Phi) is 9.32. The molecule has 4 aromatic rings. The van der Waals surface area contributed by atoms with Crippen LogP contribution in [0, 0.1) is 12.8 Å². The van der Waals surface area contributed by atoms with Crippen molar-refractivity contribution >= 4 is 55.5 Å². The van der Waals surface area contributed by atoms with E-state index in [0.717, 1.165) is 29.0 Å². The van der Waals surface area contributed by atoms with Gasteiger partial charge in [0.25, 0.3) is 11.8 Å². The molecule has 3 N–H and O–H groups in total. The number of hydrogen-bond donors (Lipinski definition) is 3. The quantitative estimate of drug-likeness (QED) is 0.185. The van der Waals surface area contributed by atoms with E-state index in [-0.39, 0.29) is 31.0 Å². The Morgan fingerprint density at radius 2 is 1.83 bits per heavy atom. The second-order valence-corrected chi connectivity index (χ2v) is 16.6. The second kappa shape index (κ2) is 14.1. The summed E-state index contributed by atoms with van der Waals surface area (Å²) in [5.74, 6) is -2.22. The highest BCUT2D eigenvalue weighted by molar-refractivity contribution is 7.91. The number of carbonyl (C=O) groups excluding carboxylic acids is 4. The zero-order chi connectivity index (χ0) is 37.6. The molecule has 0 radical (unpaired) electrons. The summed E-state index contributed by atoms with van der Waals surface area (Å²) in [5, 5.41) is 11.3. The fourth-order valence-corrected chi connectivity index (χ4v) is 8.92. The average molecular weight is 756 g/mol. The largest absolute Gasteiger partial charge is 0.472 e. The summed E-state index contributed by atoms with van der Waals surface area (Å²) in [6, 6.07) is 10.7. The van der Waals surface area contributed by atoms with Crippen molar-refractivity contribution < 1.29 is 36.9 Å². The number of aromatic nitrogens is 3. The minimum Gasteiger partial charge on any atom is -0.472 e. The Morgan fingerprint density at radius 3 is 2.61 bits per heavy atom. The number of sulfonamides is 1. The van der Waals surface area contributed by atoms with Gasteiger partial charge in [-0.2, -0.15) is 4.98 Å². The highest BCUT2D eigenvalue weighted by Gasteiger charge is 2.62. The molecule has 282 valence electrons. The number of benzene rings is 1. The van der Waals surface area contributed by atoms with Crippen LogP contribution in [0.4, 0.5) is 0 Å². The van der Waals surface area contributed by atoms with E-state index in [9.17, 15) is 27.6 Å². The van der Waals surface area contributed by atoms with Crippen molar-refractivity contribution in [3.8, 4) is 5.88 Å². The number of nitrogens with one attached hydrogen (secondary N) is 3. The van der Waals surface area contributed by atoms with Crippen molar-refractivity contribution in [2.75, 3.05) is 6.54 Å². The van der Waals surface area contributed by atoms with Crippen molar-refractivity contribution in [3.63, 3.8) is 0 Å². The van der Waals surface area contributed by atoms with Gasteiger partial charge < -0.3 is 24.8 Å². The number of allylic oxidation sites excluding steroid dienone is 1. The monoisotopic (exact) mass is 755 g/mol. The van der Waals surface area contributed by atoms with Crippen LogP contribution in [-0.2, 0) is 24.4 Å². The molecule has 0 unspecified atom stereocenters. The van der Waals surface area contributed by atoms with Gasteiger partial charge in [0.2, 0.25) is 27.7 Å². The van der Waals surface area contributed by atoms with E-state index in [2.05, 4.69) is 25.5 Å². The van der Waals surface area contributed by atoms with Crippen molar-refractivity contribution in [3.05, 3.63) is 72.3 Å². The lowest BCUT2D eigenvalue weighted by molar-refractivity contribution is -0.141. The van der Waals surface area contributed by atoms with Gasteiger partial charge in [0.15, 0.2) is 11.3 Å². The van der Waals surface area contributed by atoms with Crippen LogP contribution >= 0.6 is 0 Å². The standard InChI is InChI=1S/C38H41N7O8S/c1-22-18-30(43-53-22)33(46)40-29-14-6-4-2-3-5-10-23-20-38(23,37(49)44-54(50,51)25-15-16-25)42-34(47)31-19-24(21-45(31)36(29)48)52-35-28-12-8-7-11-26(28)27-13-9-17-39-32(27)41-35/h5,7-13,17-18,23-25,29,31H,2-4,6,14-16,19-21H2,1H3,(H,40,46)(H,42,47)(H,44,49)/b10-5-/t23-,24-,29+,31+,38-/m1/s1. The predicted octanol–water partition coefficient (Wildman–Crippen LogP) is 3.23. The van der Waals surface area contributed by atoms with Crippen LogP contribution in [0.5, 0.6) is 5.88 Å². The maximum absolute atomic E-state index is 14.6. The third kappa shape index (κ3) is 7.01. The molecule has 2 saturated carbocycles. The summed E-state index contributed by atoms with van der Waals surface area (Å²) < 4.78 is 39.5. The smallest absolute Gasteiger partial charge is 0.274 e. The number of nitrogens with zero attached hydrogens (tertiary/aromatic N) is 4. The first-order chi connectivity index (χ1) is 26.0. The molecule has 2 aliphatic carbocycles. The molecule has 0 bridgehead atoms. The molecule has 1 saturated heterocycles. The number of hydrogen-bond acceptors (Lipinski definition) is 11. The summed E-state index contributed by atoms with van der Waals surface area (Å²) in [5.41, 5.74) is -1.01. The maximum Gasteiger partial charge on any atom is 0.274 e. The number of carbonyl (C=O) groups is 4. The SMILES string of the molecule is Cc1cc(C(=O)N[C@H]2CCCCC/C=C\[C@@H]3C[C@@]3(C(=O)NS(=O)(=O)C3CC3)NC(=O)[C@@H]3C[C@@H](Oc4nc5ncccc5c5ccccc45)CN3C2=O)no1. The van der Waals surface area contributed by atoms with Crippen LogP contribution in [0.25, 0.3) is 21.8 Å². The van der Waals surface area contributed by atoms with Crippen LogP contribution in [-0.4, -0.2) is 87.6 Å². The highest BCUT2D eigenvalue weighted by atomic mass is 32.2. The number of amides is 4. The first-order valence-electron chi connectivity index (χ1n) is 18.4. The van der Waals surface area contributed by atoms with Gasteiger partial charge in [-0.15, -0.1) is 0 Å². The van der Waals surface area contributed by atoms with Crippen LogP contribution in [0.15, 0.2) is 65.3 Å². The molecular formula is C38H41N7O8S. The molecule has 8 rings (SSSR count). The Morgan fingerprint density at radius 1 is 1.04 bits per heavy atom. The van der Waals surface area contributed by atoms with Crippen LogP contribution < -0.4 is 20.1 Å². The van der Waals surface area contributed by atoms with E-state index in [1.54, 1.807) is 13.1 Å². The van der Waals surface area contributed by atoms with E-state index >= 15 is 0 Å². The minimum absolute atomic E-state index is 0.0231. The molecule has 16 heteroatoms. The van der Waals surface area contributed by atoms with Gasteiger partial charge in [0.05, 0.1) is 11.8 Å². The number of rotatable bonds is 7. The third-order valence-corrected chi connectivity index (χ3v) is 12.5. The Labute approximate surface area is 311 Å². The molecule has 3 fully saturated rings. The summed E-state index contributed by atoms with van der Waals surface area (Å²) in [4.78, 5) is 66.6. The minimum atomic E-state index is -3.90. The Hall–Kier alpha value is -5.38. The van der Waals surface area contributed by atoms with Gasteiger partial charge in [-0.05, 0) is 69.0 Å². The first-order valence-corrected chi connectivity index (χ1v) is 20.0. The Bertz CT molecular complexity index is 2290. The van der Waals surface area contributed by atoms with Gasteiger partial charge in [0.1, 0.15) is 29.5 Å². The van der Waals surface area contributed by atoms with Crippen molar-refractivity contribution in [2.24, 2.45) is 5.92 Å². The molecule has 5 atom stereocenters. The summed E-state index contributed by atoms with van der Waals surface area (Å²) >= 11 is 0. The molecule has 2 aliphatic heterocycles. The number of fused-ring (bicyclic) bond motifs is 5. The molecule has 4 aliphatic rings. The van der Waals surface area contributed by atoms with E-state index in [1.807, 2.05) is 48.6 Å². The van der Waals surface area contributed by atoms with E-state index in [4.69, 9.17) is 14.2 Å². The van der Waals surface area contributed by atoms with Crippen molar-refractivity contribution in [1.29, 1.82) is 0 Å². The fourth-order valence-electron chi connectivity index (χ4n) is 7.56. The topological polar surface area (TPSA) is 203 Å². The Balaban J connectivity index is 1.12. The second-order valence-electron chi connectivity index (χ2n) is 14.7. The molecule has 1 aromatic carbocycles. The highest BCUT2D eigenvalue weighted by Crippen LogP contribution is 2.46. The molecule has 0 spiro atoms. The normalized spacial score (nSPS) is 26.9. The van der Waals surface area contributed by atoms with E-state index < -0.39 is 68.5 Å². The predicted molar refractivity (Wildman–Crippen MR) is 195 cm³/mol. The number of pyridine rings is 2. The fraction of sp³-hybridized carbons (Fsp3) is 0.447. The van der Waals surface area contributed by atoms with Crippen molar-refractivity contribution in [1.82, 2.24) is 35.4 Å². The van der Waals surface area contributed by atoms with Gasteiger partial charge >= 0.3 is 0 Å². The molecule has 54 heavy (non-hydrogen) atoms. The lowest BCUT2D eigenvalue weighted by Crippen LogP contribution is -2.58. The average Bonchev–Trinajstić information content (AvgIpc) is 4.05. The molecule has 15 nitrogen and oxygen atoms in total. The van der Waals surface area contributed by atoms with Gasteiger partial charge in [0, 0.05) is 35.4 Å². The summed E-state index contributed by atoms with van der Waals surface area (Å²) in [6.45, 7) is 1.63.